The molecule has 0 atom stereocenters. The molecule has 0 aromatic heterocycles. The first-order valence-electron chi connectivity index (χ1n) is 8.29. The van der Waals surface area contributed by atoms with Crippen LogP contribution in [0.25, 0.3) is 0 Å². The molecule has 8 heteroatoms. The first-order chi connectivity index (χ1) is 13.0. The van der Waals surface area contributed by atoms with Gasteiger partial charge < -0.3 is 16.0 Å². The van der Waals surface area contributed by atoms with Crippen molar-refractivity contribution in [3.63, 3.8) is 0 Å². The highest BCUT2D eigenvalue weighted by atomic mass is 79.9. The zero-order valence-electron chi connectivity index (χ0n) is 14.8. The van der Waals surface area contributed by atoms with Crippen LogP contribution in [0.15, 0.2) is 53.0 Å². The summed E-state index contributed by atoms with van der Waals surface area (Å²) in [4.78, 5) is 35.8. The molecule has 3 N–H and O–H groups in total. The van der Waals surface area contributed by atoms with Crippen molar-refractivity contribution in [3.8, 4) is 0 Å². The lowest BCUT2D eigenvalue weighted by molar-refractivity contribution is -0.114. The quantitative estimate of drug-likeness (QED) is 0.575. The van der Waals surface area contributed by atoms with Gasteiger partial charge in [-0.1, -0.05) is 28.1 Å². The van der Waals surface area contributed by atoms with Gasteiger partial charge in [0.2, 0.25) is 11.8 Å². The van der Waals surface area contributed by atoms with Crippen molar-refractivity contribution in [2.75, 3.05) is 28.7 Å². The predicted octanol–water partition coefficient (Wildman–Crippen LogP) is 3.51. The van der Waals surface area contributed by atoms with Crippen LogP contribution < -0.4 is 16.0 Å². The second-order valence-electron chi connectivity index (χ2n) is 5.54. The lowest BCUT2D eigenvalue weighted by atomic mass is 10.2. The van der Waals surface area contributed by atoms with Gasteiger partial charge >= 0.3 is 0 Å². The Morgan fingerprint density at radius 1 is 0.926 bits per heavy atom. The third-order valence-electron chi connectivity index (χ3n) is 3.32. The molecule has 0 fully saturated rings. The smallest absolute Gasteiger partial charge is 0.251 e. The van der Waals surface area contributed by atoms with E-state index in [4.69, 9.17) is 0 Å². The maximum absolute atomic E-state index is 12.0. The minimum atomic E-state index is -0.233. The van der Waals surface area contributed by atoms with Gasteiger partial charge in [0.1, 0.15) is 0 Å². The molecule has 142 valence electrons. The fraction of sp³-hybridized carbons (Fsp3) is 0.211. The first-order valence-corrected chi connectivity index (χ1v) is 10.2. The lowest BCUT2D eigenvalue weighted by Crippen LogP contribution is -2.23. The molecular weight excluding hydrogens is 430 g/mol. The third-order valence-corrected chi connectivity index (χ3v) is 4.75. The Labute approximate surface area is 170 Å². The summed E-state index contributed by atoms with van der Waals surface area (Å²) in [5.74, 6) is -0.296. The summed E-state index contributed by atoms with van der Waals surface area (Å²) >= 11 is 4.56. The Hall–Kier alpha value is -2.32. The van der Waals surface area contributed by atoms with E-state index in [1.165, 1.54) is 11.8 Å². The second kappa shape index (κ2) is 10.7. The van der Waals surface area contributed by atoms with E-state index in [0.717, 1.165) is 4.47 Å². The number of hydrogen-bond acceptors (Lipinski definition) is 4. The molecule has 0 aliphatic carbocycles. The minimum Gasteiger partial charge on any atom is -0.352 e. The summed E-state index contributed by atoms with van der Waals surface area (Å²) in [6, 6.07) is 14.0. The molecule has 0 unspecified atom stereocenters. The summed E-state index contributed by atoms with van der Waals surface area (Å²) in [7, 11) is 0. The van der Waals surface area contributed by atoms with Crippen LogP contribution in [0.5, 0.6) is 0 Å². The van der Waals surface area contributed by atoms with Crippen LogP contribution >= 0.6 is 27.7 Å². The molecule has 2 aromatic carbocycles. The van der Waals surface area contributed by atoms with E-state index in [-0.39, 0.29) is 29.2 Å². The summed E-state index contributed by atoms with van der Waals surface area (Å²) in [5.41, 5.74) is 1.72. The Bertz CT molecular complexity index is 829. The highest BCUT2D eigenvalue weighted by Gasteiger charge is 2.09. The van der Waals surface area contributed by atoms with E-state index in [9.17, 15) is 14.4 Å². The number of carbonyl (C=O) groups is 3. The van der Waals surface area contributed by atoms with Gasteiger partial charge in [0.25, 0.3) is 5.91 Å². The van der Waals surface area contributed by atoms with Crippen molar-refractivity contribution >= 4 is 56.8 Å². The average molecular weight is 450 g/mol. The molecule has 2 rings (SSSR count). The summed E-state index contributed by atoms with van der Waals surface area (Å²) in [6.45, 7) is 2.38. The van der Waals surface area contributed by atoms with Crippen molar-refractivity contribution in [3.05, 3.63) is 58.6 Å². The molecule has 0 saturated carbocycles. The topological polar surface area (TPSA) is 87.3 Å². The minimum absolute atomic E-state index is 0.136. The third kappa shape index (κ3) is 7.44. The number of carbonyl (C=O) groups excluding carboxylic acids is 3. The number of thioether (sulfide) groups is 1. The molecule has 27 heavy (non-hydrogen) atoms. The molecule has 2 aromatic rings. The number of benzene rings is 2. The zero-order chi connectivity index (χ0) is 19.6. The number of rotatable bonds is 8. The van der Waals surface area contributed by atoms with Gasteiger partial charge in [0.15, 0.2) is 0 Å². The fourth-order valence-electron chi connectivity index (χ4n) is 2.20. The van der Waals surface area contributed by atoms with Gasteiger partial charge in [0.05, 0.1) is 11.5 Å². The predicted molar refractivity (Wildman–Crippen MR) is 113 cm³/mol. The zero-order valence-corrected chi connectivity index (χ0v) is 17.2. The maximum atomic E-state index is 12.0. The van der Waals surface area contributed by atoms with Crippen LogP contribution in [-0.2, 0) is 9.59 Å². The number of anilines is 2. The number of halogens is 1. The largest absolute Gasteiger partial charge is 0.352 e. The Morgan fingerprint density at radius 2 is 1.52 bits per heavy atom. The SMILES string of the molecule is CCNC(=O)c1cccc(NC(=O)CSCC(=O)Nc2cccc(Br)c2)c1. The molecular formula is C19H20BrN3O3S. The van der Waals surface area contributed by atoms with Gasteiger partial charge in [-0.2, -0.15) is 0 Å². The van der Waals surface area contributed by atoms with E-state index >= 15 is 0 Å². The molecule has 3 amide bonds. The molecule has 0 heterocycles. The lowest BCUT2D eigenvalue weighted by Gasteiger charge is -2.08. The highest BCUT2D eigenvalue weighted by Crippen LogP contribution is 2.16. The fourth-order valence-corrected chi connectivity index (χ4v) is 3.21. The molecule has 0 saturated heterocycles. The normalized spacial score (nSPS) is 10.1. The van der Waals surface area contributed by atoms with Crippen molar-refractivity contribution in [1.82, 2.24) is 5.32 Å². The molecule has 0 spiro atoms. The van der Waals surface area contributed by atoms with Gasteiger partial charge in [-0.05, 0) is 43.3 Å². The van der Waals surface area contributed by atoms with Crippen molar-refractivity contribution in [2.45, 2.75) is 6.92 Å². The van der Waals surface area contributed by atoms with Gasteiger partial charge in [-0.3, -0.25) is 14.4 Å². The highest BCUT2D eigenvalue weighted by molar-refractivity contribution is 9.10. The number of nitrogens with one attached hydrogen (secondary N) is 3. The van der Waals surface area contributed by atoms with E-state index < -0.39 is 0 Å². The van der Waals surface area contributed by atoms with Crippen molar-refractivity contribution < 1.29 is 14.4 Å². The van der Waals surface area contributed by atoms with E-state index in [2.05, 4.69) is 31.9 Å². The Balaban J connectivity index is 1.77. The standard InChI is InChI=1S/C19H20BrN3O3S/c1-2-21-19(26)13-5-3-7-15(9-13)22-17(24)11-27-12-18(25)23-16-8-4-6-14(20)10-16/h3-10H,2,11-12H2,1H3,(H,21,26)(H,22,24)(H,23,25). The molecule has 0 aliphatic heterocycles. The van der Waals surface area contributed by atoms with Crippen LogP contribution in [0.4, 0.5) is 11.4 Å². The monoisotopic (exact) mass is 449 g/mol. The van der Waals surface area contributed by atoms with Crippen LogP contribution in [0.3, 0.4) is 0 Å². The van der Waals surface area contributed by atoms with Gasteiger partial charge in [0, 0.05) is 28.0 Å². The number of amides is 3. The molecule has 0 radical (unpaired) electrons. The summed E-state index contributed by atoms with van der Waals surface area (Å²) in [5, 5.41) is 8.21. The van der Waals surface area contributed by atoms with E-state index in [1.54, 1.807) is 36.4 Å². The van der Waals surface area contributed by atoms with Crippen LogP contribution in [0, 0.1) is 0 Å². The van der Waals surface area contributed by atoms with Gasteiger partial charge in [-0.15, -0.1) is 11.8 Å². The van der Waals surface area contributed by atoms with E-state index in [0.29, 0.717) is 23.5 Å². The van der Waals surface area contributed by atoms with Crippen LogP contribution in [0.1, 0.15) is 17.3 Å². The maximum Gasteiger partial charge on any atom is 0.251 e. The molecule has 0 bridgehead atoms. The Morgan fingerprint density at radius 3 is 2.11 bits per heavy atom. The molecule has 0 aliphatic rings. The van der Waals surface area contributed by atoms with Crippen molar-refractivity contribution in [2.24, 2.45) is 0 Å². The Kier molecular flexibility index (Phi) is 8.35. The summed E-state index contributed by atoms with van der Waals surface area (Å²) < 4.78 is 0.877. The van der Waals surface area contributed by atoms with E-state index in [1.807, 2.05) is 19.1 Å². The first kappa shape index (κ1) is 21.0. The average Bonchev–Trinajstić information content (AvgIpc) is 2.62. The molecule has 6 nitrogen and oxygen atoms in total. The van der Waals surface area contributed by atoms with Crippen LogP contribution in [0.2, 0.25) is 0 Å². The van der Waals surface area contributed by atoms with Crippen LogP contribution in [-0.4, -0.2) is 35.8 Å². The van der Waals surface area contributed by atoms with Gasteiger partial charge in [-0.25, -0.2) is 0 Å². The summed E-state index contributed by atoms with van der Waals surface area (Å²) in [6.07, 6.45) is 0. The van der Waals surface area contributed by atoms with Crippen molar-refractivity contribution in [1.29, 1.82) is 0 Å². The second-order valence-corrected chi connectivity index (χ2v) is 7.44. The number of hydrogen-bond donors (Lipinski definition) is 3.